The zero-order valence-electron chi connectivity index (χ0n) is 26.5. The number of amides is 1. The number of likely N-dealkylation sites (N-methyl/N-ethyl adjacent to an activating group) is 1. The van der Waals surface area contributed by atoms with Crippen molar-refractivity contribution in [3.63, 3.8) is 0 Å². The zero-order chi connectivity index (χ0) is 32.3. The summed E-state index contributed by atoms with van der Waals surface area (Å²) >= 11 is 0. The quantitative estimate of drug-likeness (QED) is 0.382. The van der Waals surface area contributed by atoms with E-state index in [1.807, 2.05) is 49.5 Å². The van der Waals surface area contributed by atoms with Gasteiger partial charge in [0.25, 0.3) is 0 Å². The molecule has 240 valence electrons. The molecule has 4 aliphatic rings. The first-order valence-corrected chi connectivity index (χ1v) is 15.6. The first-order chi connectivity index (χ1) is 21.3. The minimum absolute atomic E-state index is 0.164. The molecule has 1 spiro atoms. The van der Waals surface area contributed by atoms with Crippen molar-refractivity contribution in [2.75, 3.05) is 13.6 Å². The molecule has 0 radical (unpaired) electrons. The predicted octanol–water partition coefficient (Wildman–Crippen LogP) is 3.02. The number of aliphatic hydroxyl groups is 2. The van der Waals surface area contributed by atoms with Crippen molar-refractivity contribution >= 4 is 17.8 Å². The topological polar surface area (TPSA) is 135 Å². The van der Waals surface area contributed by atoms with Crippen LogP contribution in [-0.2, 0) is 42.3 Å². The number of carbonyl (C=O) groups is 3. The van der Waals surface area contributed by atoms with Crippen molar-refractivity contribution in [1.29, 1.82) is 0 Å². The van der Waals surface area contributed by atoms with Crippen molar-refractivity contribution in [3.8, 4) is 5.75 Å². The molecule has 1 fully saturated rings. The van der Waals surface area contributed by atoms with Crippen LogP contribution in [0.3, 0.4) is 0 Å². The van der Waals surface area contributed by atoms with Gasteiger partial charge in [-0.25, -0.2) is 4.79 Å². The molecular formula is C35H42N2O8. The summed E-state index contributed by atoms with van der Waals surface area (Å²) in [6.07, 6.45) is 1.90. The van der Waals surface area contributed by atoms with Crippen LogP contribution in [0.4, 0.5) is 0 Å². The van der Waals surface area contributed by atoms with E-state index < -0.39 is 58.9 Å². The normalized spacial score (nSPS) is 27.8. The van der Waals surface area contributed by atoms with Crippen LogP contribution in [0.25, 0.3) is 0 Å². The molecule has 2 heterocycles. The smallest absolute Gasteiger partial charge is 0.329 e. The lowest BCUT2D eigenvalue weighted by molar-refractivity contribution is -0.170. The van der Waals surface area contributed by atoms with Gasteiger partial charge >= 0.3 is 11.9 Å². The second-order valence-corrected chi connectivity index (χ2v) is 13.8. The molecule has 2 aromatic rings. The van der Waals surface area contributed by atoms with Crippen molar-refractivity contribution in [1.82, 2.24) is 10.2 Å². The highest BCUT2D eigenvalue weighted by Crippen LogP contribution is 2.64. The van der Waals surface area contributed by atoms with Crippen LogP contribution in [0.1, 0.15) is 75.1 Å². The number of rotatable bonds is 8. The number of nitrogens with one attached hydrogen (secondary N) is 1. The van der Waals surface area contributed by atoms with Gasteiger partial charge in [-0.3, -0.25) is 9.59 Å². The number of hydrogen-bond acceptors (Lipinski definition) is 9. The van der Waals surface area contributed by atoms with E-state index in [-0.39, 0.29) is 24.8 Å². The molecule has 6 rings (SSSR count). The van der Waals surface area contributed by atoms with E-state index in [1.165, 1.54) is 0 Å². The molecule has 2 aliphatic heterocycles. The number of nitrogens with zero attached hydrogens (tertiary/aromatic N) is 1. The van der Waals surface area contributed by atoms with Gasteiger partial charge in [0.1, 0.15) is 23.2 Å². The molecule has 1 amide bonds. The molecule has 6 atom stereocenters. The average Bonchev–Trinajstić information content (AvgIpc) is 3.35. The molecule has 2 bridgehead atoms. The van der Waals surface area contributed by atoms with Gasteiger partial charge in [0.15, 0.2) is 6.10 Å². The summed E-state index contributed by atoms with van der Waals surface area (Å²) in [5.41, 5.74) is 0.438. The van der Waals surface area contributed by atoms with Gasteiger partial charge in [0.2, 0.25) is 5.91 Å². The van der Waals surface area contributed by atoms with Crippen LogP contribution in [0.15, 0.2) is 54.3 Å². The lowest BCUT2D eigenvalue weighted by atomic mass is 9.50. The largest absolute Gasteiger partial charge is 0.481 e. The van der Waals surface area contributed by atoms with E-state index in [0.717, 1.165) is 16.7 Å². The van der Waals surface area contributed by atoms with E-state index in [4.69, 9.17) is 14.2 Å². The number of esters is 2. The summed E-state index contributed by atoms with van der Waals surface area (Å²) < 4.78 is 18.1. The summed E-state index contributed by atoms with van der Waals surface area (Å²) in [4.78, 5) is 42.2. The molecular weight excluding hydrogens is 576 g/mol. The van der Waals surface area contributed by atoms with Crippen molar-refractivity contribution in [3.05, 3.63) is 76.6 Å². The summed E-state index contributed by atoms with van der Waals surface area (Å²) in [6, 6.07) is 11.6. The van der Waals surface area contributed by atoms with Gasteiger partial charge in [-0.15, -0.1) is 0 Å². The van der Waals surface area contributed by atoms with E-state index >= 15 is 0 Å². The second-order valence-electron chi connectivity index (χ2n) is 13.8. The average molecular weight is 619 g/mol. The number of aliphatic hydroxyl groups excluding tert-OH is 1. The Kier molecular flexibility index (Phi) is 7.82. The van der Waals surface area contributed by atoms with Crippen molar-refractivity contribution in [2.45, 2.75) is 101 Å². The first-order valence-electron chi connectivity index (χ1n) is 15.6. The Labute approximate surface area is 263 Å². The summed E-state index contributed by atoms with van der Waals surface area (Å²) in [6.45, 7) is 7.35. The van der Waals surface area contributed by atoms with Crippen LogP contribution in [-0.4, -0.2) is 75.9 Å². The molecule has 1 saturated heterocycles. The number of piperidine rings is 1. The van der Waals surface area contributed by atoms with Gasteiger partial charge in [0, 0.05) is 23.6 Å². The number of likely N-dealkylation sites (tertiary alicyclic amines) is 1. The van der Waals surface area contributed by atoms with Crippen LogP contribution in [0.2, 0.25) is 0 Å². The Morgan fingerprint density at radius 1 is 1.16 bits per heavy atom. The molecule has 2 aromatic carbocycles. The fraction of sp³-hybridized carbons (Fsp3) is 0.514. The fourth-order valence-corrected chi connectivity index (χ4v) is 7.73. The van der Waals surface area contributed by atoms with E-state index in [9.17, 15) is 24.6 Å². The number of benzene rings is 2. The third-order valence-corrected chi connectivity index (χ3v) is 9.93. The highest BCUT2D eigenvalue weighted by molar-refractivity contribution is 5.91. The first kappa shape index (κ1) is 31.3. The summed E-state index contributed by atoms with van der Waals surface area (Å²) in [5.74, 6) is -1.69. The molecule has 45 heavy (non-hydrogen) atoms. The van der Waals surface area contributed by atoms with Gasteiger partial charge < -0.3 is 34.6 Å². The SMILES string of the molecule is C[C@H](C(=O)N[C@@H](CC(=O)OC1=CC[C@@]2(O)[C@H]3Cc4ccc(CO)c5c4C2(CCN3C)C1O5)C(=O)OC(C)(C)C)c1ccccc1. The van der Waals surface area contributed by atoms with E-state index in [2.05, 4.69) is 10.2 Å². The maximum Gasteiger partial charge on any atom is 0.329 e. The molecule has 2 aliphatic carbocycles. The minimum atomic E-state index is -1.29. The second kappa shape index (κ2) is 11.3. The van der Waals surface area contributed by atoms with Crippen LogP contribution < -0.4 is 10.1 Å². The Balaban J connectivity index is 1.27. The maximum atomic E-state index is 13.6. The Bertz CT molecular complexity index is 1550. The van der Waals surface area contributed by atoms with Crippen molar-refractivity contribution in [2.24, 2.45) is 0 Å². The Hall–Kier alpha value is -3.73. The highest BCUT2D eigenvalue weighted by atomic mass is 16.6. The van der Waals surface area contributed by atoms with Gasteiger partial charge in [0.05, 0.1) is 30.0 Å². The van der Waals surface area contributed by atoms with Gasteiger partial charge in [-0.05, 0) is 71.3 Å². The molecule has 0 saturated carbocycles. The summed E-state index contributed by atoms with van der Waals surface area (Å²) in [7, 11) is 2.01. The lowest BCUT2D eigenvalue weighted by Gasteiger charge is -2.61. The maximum absolute atomic E-state index is 13.6. The molecule has 10 heteroatoms. The number of carbonyl (C=O) groups excluding carboxylic acids is 3. The predicted molar refractivity (Wildman–Crippen MR) is 164 cm³/mol. The highest BCUT2D eigenvalue weighted by Gasteiger charge is 2.71. The van der Waals surface area contributed by atoms with Gasteiger partial charge in [-0.1, -0.05) is 42.5 Å². The van der Waals surface area contributed by atoms with E-state index in [0.29, 0.717) is 30.7 Å². The number of hydrogen-bond donors (Lipinski definition) is 3. The third kappa shape index (κ3) is 5.13. The molecule has 0 aromatic heterocycles. The van der Waals surface area contributed by atoms with Gasteiger partial charge in [-0.2, -0.15) is 0 Å². The molecule has 2 unspecified atom stereocenters. The minimum Gasteiger partial charge on any atom is -0.481 e. The monoisotopic (exact) mass is 618 g/mol. The summed E-state index contributed by atoms with van der Waals surface area (Å²) in [5, 5.41) is 25.2. The van der Waals surface area contributed by atoms with Crippen LogP contribution in [0.5, 0.6) is 5.75 Å². The van der Waals surface area contributed by atoms with Crippen molar-refractivity contribution < 1.29 is 38.8 Å². The third-order valence-electron chi connectivity index (χ3n) is 9.93. The van der Waals surface area contributed by atoms with E-state index in [1.54, 1.807) is 33.8 Å². The number of ether oxygens (including phenoxy) is 3. The standard InChI is InChI=1S/C35H42N2O8/c1-20(21-9-7-6-8-10-21)31(40)36-24(32(41)45-33(2,3)4)18-27(39)43-25-13-14-35(42)26-17-22-11-12-23(19-38)29-28(22)34(35,30(25)44-29)15-16-37(26)5/h6-13,20,24,26,30,38,42H,14-19H2,1-5H3,(H,36,40)/t20-,24-,26+,30?,34?,35+/m0/s1. The fourth-order valence-electron chi connectivity index (χ4n) is 7.73. The zero-order valence-corrected chi connectivity index (χ0v) is 26.5. The molecule has 3 N–H and O–H groups in total. The van der Waals surface area contributed by atoms with Crippen LogP contribution >= 0.6 is 0 Å². The van der Waals surface area contributed by atoms with Crippen LogP contribution in [0, 0.1) is 0 Å². The lowest BCUT2D eigenvalue weighted by Crippen LogP contribution is -2.74. The Morgan fingerprint density at radius 3 is 2.58 bits per heavy atom. The molecule has 10 nitrogen and oxygen atoms in total. The Morgan fingerprint density at radius 2 is 1.89 bits per heavy atom.